The third-order valence-corrected chi connectivity index (χ3v) is 5.24. The van der Waals surface area contributed by atoms with E-state index in [4.69, 9.17) is 0 Å². The van der Waals surface area contributed by atoms with Crippen LogP contribution in [-0.2, 0) is 10.2 Å². The summed E-state index contributed by atoms with van der Waals surface area (Å²) in [6.07, 6.45) is 3.95. The van der Waals surface area contributed by atoms with Crippen LogP contribution >= 0.6 is 12.4 Å². The summed E-state index contributed by atoms with van der Waals surface area (Å²) < 4.78 is 28.2. The van der Waals surface area contributed by atoms with Crippen molar-refractivity contribution < 1.29 is 8.42 Å². The Bertz CT molecular complexity index is 343. The van der Waals surface area contributed by atoms with Gasteiger partial charge in [-0.15, -0.1) is 12.4 Å². The first-order chi connectivity index (χ1) is 8.40. The van der Waals surface area contributed by atoms with Crippen LogP contribution in [-0.4, -0.2) is 45.9 Å². The van der Waals surface area contributed by atoms with E-state index in [0.29, 0.717) is 13.1 Å². The molecule has 0 saturated carbocycles. The monoisotopic (exact) mass is 313 g/mol. The molecule has 116 valence electrons. The Balaban J connectivity index is 0.00000324. The molecule has 19 heavy (non-hydrogen) atoms. The van der Waals surface area contributed by atoms with Gasteiger partial charge in [-0.2, -0.15) is 12.7 Å². The molecule has 1 rings (SSSR count). The summed E-state index contributed by atoms with van der Waals surface area (Å²) in [4.78, 5) is 0. The minimum atomic E-state index is -3.31. The topological polar surface area (TPSA) is 61.4 Å². The van der Waals surface area contributed by atoms with Gasteiger partial charge in [0.25, 0.3) is 10.2 Å². The van der Waals surface area contributed by atoms with Crippen molar-refractivity contribution in [3.8, 4) is 0 Å². The highest BCUT2D eigenvalue weighted by Crippen LogP contribution is 2.26. The average Bonchev–Trinajstić information content (AvgIpc) is 2.35. The summed E-state index contributed by atoms with van der Waals surface area (Å²) in [7, 11) is -1.67. The van der Waals surface area contributed by atoms with Crippen LogP contribution in [0.4, 0.5) is 0 Å². The van der Waals surface area contributed by atoms with Gasteiger partial charge in [0.1, 0.15) is 0 Å². The summed E-state index contributed by atoms with van der Waals surface area (Å²) >= 11 is 0. The lowest BCUT2D eigenvalue weighted by Crippen LogP contribution is -2.46. The number of unbranched alkanes of at least 4 members (excludes halogenated alkanes) is 1. The smallest absolute Gasteiger partial charge is 0.279 e. The zero-order chi connectivity index (χ0) is 13.6. The quantitative estimate of drug-likeness (QED) is 0.746. The van der Waals surface area contributed by atoms with Crippen molar-refractivity contribution in [1.82, 2.24) is 14.3 Å². The predicted octanol–water partition coefficient (Wildman–Crippen LogP) is 1.36. The van der Waals surface area contributed by atoms with Crippen molar-refractivity contribution in [3.05, 3.63) is 0 Å². The maximum Gasteiger partial charge on any atom is 0.279 e. The molecular formula is C12H28ClN3O2S. The van der Waals surface area contributed by atoms with Crippen molar-refractivity contribution in [2.24, 2.45) is 5.41 Å². The SMILES string of the molecule is CCCCN(C)S(=O)(=O)NCC1(C)CCNCC1.Cl. The molecule has 1 fully saturated rings. The first kappa shape index (κ1) is 19.1. The van der Waals surface area contributed by atoms with Gasteiger partial charge in [0.15, 0.2) is 0 Å². The maximum absolute atomic E-state index is 12.0. The van der Waals surface area contributed by atoms with Crippen LogP contribution in [0.25, 0.3) is 0 Å². The van der Waals surface area contributed by atoms with Crippen LogP contribution in [0.5, 0.6) is 0 Å². The predicted molar refractivity (Wildman–Crippen MR) is 81.9 cm³/mol. The summed E-state index contributed by atoms with van der Waals surface area (Å²) in [6.45, 7) is 7.29. The first-order valence-electron chi connectivity index (χ1n) is 6.81. The molecule has 0 amide bonds. The highest BCUT2D eigenvalue weighted by atomic mass is 35.5. The Kier molecular flexibility index (Phi) is 8.47. The molecule has 1 saturated heterocycles. The van der Waals surface area contributed by atoms with E-state index < -0.39 is 10.2 Å². The Hall–Kier alpha value is 0.120. The fourth-order valence-corrected chi connectivity index (χ4v) is 3.20. The Morgan fingerprint density at radius 2 is 1.89 bits per heavy atom. The number of nitrogens with zero attached hydrogens (tertiary/aromatic N) is 1. The molecule has 1 aliphatic heterocycles. The largest absolute Gasteiger partial charge is 0.317 e. The molecule has 1 aliphatic rings. The van der Waals surface area contributed by atoms with Gasteiger partial charge in [-0.3, -0.25) is 0 Å². The Labute approximate surface area is 124 Å². The van der Waals surface area contributed by atoms with Gasteiger partial charge in [0.2, 0.25) is 0 Å². The second-order valence-corrected chi connectivity index (χ2v) is 7.42. The normalized spacial score (nSPS) is 19.2. The molecule has 0 aromatic carbocycles. The van der Waals surface area contributed by atoms with E-state index in [1.165, 1.54) is 4.31 Å². The average molecular weight is 314 g/mol. The minimum absolute atomic E-state index is 0. The number of hydrogen-bond acceptors (Lipinski definition) is 3. The molecule has 0 aromatic rings. The molecule has 0 aliphatic carbocycles. The fraction of sp³-hybridized carbons (Fsp3) is 1.00. The fourth-order valence-electron chi connectivity index (χ4n) is 2.08. The van der Waals surface area contributed by atoms with Crippen molar-refractivity contribution in [1.29, 1.82) is 0 Å². The van der Waals surface area contributed by atoms with Crippen LogP contribution in [0.2, 0.25) is 0 Å². The van der Waals surface area contributed by atoms with Gasteiger partial charge < -0.3 is 5.32 Å². The second kappa shape index (κ2) is 8.42. The Morgan fingerprint density at radius 1 is 1.32 bits per heavy atom. The van der Waals surface area contributed by atoms with E-state index in [-0.39, 0.29) is 17.8 Å². The van der Waals surface area contributed by atoms with Crippen molar-refractivity contribution in [2.75, 3.05) is 33.2 Å². The lowest BCUT2D eigenvalue weighted by atomic mass is 9.81. The van der Waals surface area contributed by atoms with Crippen LogP contribution in [0.15, 0.2) is 0 Å². The lowest BCUT2D eigenvalue weighted by Gasteiger charge is -2.34. The zero-order valence-corrected chi connectivity index (χ0v) is 13.9. The minimum Gasteiger partial charge on any atom is -0.317 e. The molecule has 0 aromatic heterocycles. The standard InChI is InChI=1S/C12H27N3O2S.ClH/c1-4-5-10-15(3)18(16,17)14-11-12(2)6-8-13-9-7-12;/h13-14H,4-11H2,1-3H3;1H. The highest BCUT2D eigenvalue weighted by molar-refractivity contribution is 7.87. The van der Waals surface area contributed by atoms with Gasteiger partial charge >= 0.3 is 0 Å². The van der Waals surface area contributed by atoms with E-state index in [1.54, 1.807) is 7.05 Å². The number of nitrogens with one attached hydrogen (secondary N) is 2. The molecule has 0 radical (unpaired) electrons. The number of hydrogen-bond donors (Lipinski definition) is 2. The van der Waals surface area contributed by atoms with Gasteiger partial charge in [-0.1, -0.05) is 20.3 Å². The van der Waals surface area contributed by atoms with Gasteiger partial charge in [-0.05, 0) is 37.8 Å². The highest BCUT2D eigenvalue weighted by Gasteiger charge is 2.29. The maximum atomic E-state index is 12.0. The number of piperidine rings is 1. The number of rotatable bonds is 7. The van der Waals surface area contributed by atoms with Crippen LogP contribution in [0, 0.1) is 5.41 Å². The molecule has 1 heterocycles. The van der Waals surface area contributed by atoms with E-state index in [0.717, 1.165) is 38.8 Å². The van der Waals surface area contributed by atoms with Crippen molar-refractivity contribution >= 4 is 22.6 Å². The molecule has 0 atom stereocenters. The summed E-state index contributed by atoms with van der Waals surface area (Å²) in [5, 5.41) is 3.30. The second-order valence-electron chi connectivity index (χ2n) is 5.56. The van der Waals surface area contributed by atoms with Crippen molar-refractivity contribution in [3.63, 3.8) is 0 Å². The van der Waals surface area contributed by atoms with Gasteiger partial charge in [-0.25, -0.2) is 4.72 Å². The molecule has 0 unspecified atom stereocenters. The lowest BCUT2D eigenvalue weighted by molar-refractivity contribution is 0.230. The van der Waals surface area contributed by atoms with Gasteiger partial charge in [0, 0.05) is 20.1 Å². The van der Waals surface area contributed by atoms with E-state index >= 15 is 0 Å². The summed E-state index contributed by atoms with van der Waals surface area (Å²) in [6, 6.07) is 0. The molecule has 0 spiro atoms. The van der Waals surface area contributed by atoms with E-state index in [1.807, 2.05) is 0 Å². The van der Waals surface area contributed by atoms with E-state index in [9.17, 15) is 8.42 Å². The van der Waals surface area contributed by atoms with Crippen LogP contribution < -0.4 is 10.0 Å². The van der Waals surface area contributed by atoms with Gasteiger partial charge in [0.05, 0.1) is 0 Å². The third-order valence-electron chi connectivity index (χ3n) is 3.73. The Morgan fingerprint density at radius 3 is 2.42 bits per heavy atom. The number of halogens is 1. The molecular weight excluding hydrogens is 286 g/mol. The van der Waals surface area contributed by atoms with Crippen LogP contribution in [0.1, 0.15) is 39.5 Å². The van der Waals surface area contributed by atoms with Crippen molar-refractivity contribution in [2.45, 2.75) is 39.5 Å². The molecule has 2 N–H and O–H groups in total. The third kappa shape index (κ3) is 6.40. The molecule has 7 heteroatoms. The molecule has 0 bridgehead atoms. The summed E-state index contributed by atoms with van der Waals surface area (Å²) in [5.41, 5.74) is 0.0872. The summed E-state index contributed by atoms with van der Waals surface area (Å²) in [5.74, 6) is 0. The van der Waals surface area contributed by atoms with E-state index in [2.05, 4.69) is 23.9 Å². The van der Waals surface area contributed by atoms with Crippen LogP contribution in [0.3, 0.4) is 0 Å². The first-order valence-corrected chi connectivity index (χ1v) is 8.25. The zero-order valence-electron chi connectivity index (χ0n) is 12.2. The molecule has 5 nitrogen and oxygen atoms in total.